The fourth-order valence-electron chi connectivity index (χ4n) is 8.68. The fourth-order valence-corrected chi connectivity index (χ4v) is 8.68. The molecule has 0 saturated carbocycles. The van der Waals surface area contributed by atoms with Crippen molar-refractivity contribution in [2.24, 2.45) is 11.8 Å². The molecule has 0 bridgehead atoms. The number of hydrogen-bond acceptors (Lipinski definition) is 0. The van der Waals surface area contributed by atoms with E-state index in [0.29, 0.717) is 11.8 Å². The quantitative estimate of drug-likeness (QED) is 0.177. The third-order valence-electron chi connectivity index (χ3n) is 11.1. The molecule has 5 aromatic carbocycles. The van der Waals surface area contributed by atoms with Crippen molar-refractivity contribution in [2.45, 2.75) is 25.7 Å². The predicted octanol–water partition coefficient (Wildman–Crippen LogP) is 12.8. The van der Waals surface area contributed by atoms with Crippen LogP contribution in [0.4, 0.5) is 0 Å². The third-order valence-corrected chi connectivity index (χ3v) is 11.1. The highest BCUT2D eigenvalue weighted by Crippen LogP contribution is 2.43. The molecule has 10 rings (SSSR count). The Kier molecular flexibility index (Phi) is 6.94. The van der Waals surface area contributed by atoms with Gasteiger partial charge in [0, 0.05) is 32.9 Å². The molecular weight excluding hydrogens is 605 g/mol. The first-order valence-corrected chi connectivity index (χ1v) is 18.0. The SMILES string of the molecule is C1=CCCC(n2c3ccccc3c3cc(-c4ccc5c(c4)c4ccccc4n5C4=CC(c5ccccc5)=CC(C5C=CC=CC5)C4)ccc32)=C1. The molecule has 7 aromatic rings. The van der Waals surface area contributed by atoms with Crippen molar-refractivity contribution in [2.75, 3.05) is 0 Å². The van der Waals surface area contributed by atoms with E-state index in [1.807, 2.05) is 0 Å². The summed E-state index contributed by atoms with van der Waals surface area (Å²) in [5.41, 5.74) is 12.9. The molecular formula is C48H38N2. The Bertz CT molecular complexity index is 2650. The van der Waals surface area contributed by atoms with Crippen LogP contribution in [-0.4, -0.2) is 9.13 Å². The highest BCUT2D eigenvalue weighted by atomic mass is 15.0. The number of aromatic nitrogens is 2. The lowest BCUT2D eigenvalue weighted by molar-refractivity contribution is 0.480. The molecule has 3 aliphatic carbocycles. The van der Waals surface area contributed by atoms with Crippen molar-refractivity contribution >= 4 is 60.6 Å². The maximum Gasteiger partial charge on any atom is 0.0538 e. The smallest absolute Gasteiger partial charge is 0.0538 e. The third kappa shape index (κ3) is 4.78. The zero-order valence-corrected chi connectivity index (χ0v) is 28.0. The number of rotatable bonds is 5. The Morgan fingerprint density at radius 1 is 0.500 bits per heavy atom. The Hall–Kier alpha value is -5.86. The largest absolute Gasteiger partial charge is 0.313 e. The summed E-state index contributed by atoms with van der Waals surface area (Å²) in [4.78, 5) is 0. The lowest BCUT2D eigenvalue weighted by atomic mass is 9.79. The topological polar surface area (TPSA) is 9.86 Å². The molecule has 3 aliphatic rings. The van der Waals surface area contributed by atoms with Gasteiger partial charge < -0.3 is 9.13 Å². The first-order chi connectivity index (χ1) is 24.8. The average Bonchev–Trinajstić information content (AvgIpc) is 3.71. The van der Waals surface area contributed by atoms with Crippen LogP contribution < -0.4 is 0 Å². The number of allylic oxidation sites excluding steroid dienone is 12. The second kappa shape index (κ2) is 11.9. The van der Waals surface area contributed by atoms with Crippen LogP contribution in [0.15, 0.2) is 170 Å². The minimum Gasteiger partial charge on any atom is -0.313 e. The van der Waals surface area contributed by atoms with E-state index in [0.717, 1.165) is 25.7 Å². The van der Waals surface area contributed by atoms with Gasteiger partial charge in [-0.15, -0.1) is 0 Å². The molecule has 50 heavy (non-hydrogen) atoms. The van der Waals surface area contributed by atoms with Gasteiger partial charge in [0.05, 0.1) is 22.1 Å². The van der Waals surface area contributed by atoms with Gasteiger partial charge in [0.15, 0.2) is 0 Å². The fraction of sp³-hybridized carbons (Fsp3) is 0.125. The molecule has 2 heteroatoms. The van der Waals surface area contributed by atoms with Crippen molar-refractivity contribution < 1.29 is 0 Å². The monoisotopic (exact) mass is 642 g/mol. The van der Waals surface area contributed by atoms with Crippen LogP contribution in [0.1, 0.15) is 31.2 Å². The van der Waals surface area contributed by atoms with Crippen LogP contribution >= 0.6 is 0 Å². The second-order valence-electron chi connectivity index (χ2n) is 14.0. The van der Waals surface area contributed by atoms with Crippen molar-refractivity contribution in [1.82, 2.24) is 9.13 Å². The van der Waals surface area contributed by atoms with Crippen LogP contribution in [0.5, 0.6) is 0 Å². The average molecular weight is 643 g/mol. The Labute approximate surface area is 293 Å². The highest BCUT2D eigenvalue weighted by Gasteiger charge is 2.26. The summed E-state index contributed by atoms with van der Waals surface area (Å²) in [6.45, 7) is 0. The van der Waals surface area contributed by atoms with Gasteiger partial charge in [-0.2, -0.15) is 0 Å². The van der Waals surface area contributed by atoms with Gasteiger partial charge in [0.1, 0.15) is 0 Å². The highest BCUT2D eigenvalue weighted by molar-refractivity contribution is 6.13. The van der Waals surface area contributed by atoms with Gasteiger partial charge in [-0.3, -0.25) is 0 Å². The molecule has 2 atom stereocenters. The van der Waals surface area contributed by atoms with Gasteiger partial charge in [-0.25, -0.2) is 0 Å². The van der Waals surface area contributed by atoms with E-state index >= 15 is 0 Å². The summed E-state index contributed by atoms with van der Waals surface area (Å²) in [6.07, 6.45) is 25.1. The Morgan fingerprint density at radius 2 is 1.14 bits per heavy atom. The molecule has 0 saturated heterocycles. The molecule has 0 N–H and O–H groups in total. The van der Waals surface area contributed by atoms with E-state index in [4.69, 9.17) is 0 Å². The Morgan fingerprint density at radius 3 is 1.78 bits per heavy atom. The lowest BCUT2D eigenvalue weighted by Gasteiger charge is -2.29. The van der Waals surface area contributed by atoms with Crippen LogP contribution in [0.25, 0.3) is 71.7 Å². The van der Waals surface area contributed by atoms with Crippen LogP contribution in [0, 0.1) is 11.8 Å². The molecule has 2 unspecified atom stereocenters. The number of fused-ring (bicyclic) bond motifs is 6. The van der Waals surface area contributed by atoms with Gasteiger partial charge in [0.2, 0.25) is 0 Å². The summed E-state index contributed by atoms with van der Waals surface area (Å²) >= 11 is 0. The van der Waals surface area contributed by atoms with Crippen LogP contribution in [-0.2, 0) is 0 Å². The first-order valence-electron chi connectivity index (χ1n) is 18.0. The van der Waals surface area contributed by atoms with Crippen molar-refractivity contribution in [3.8, 4) is 11.1 Å². The van der Waals surface area contributed by atoms with Crippen molar-refractivity contribution in [3.05, 3.63) is 176 Å². The molecule has 240 valence electrons. The van der Waals surface area contributed by atoms with E-state index < -0.39 is 0 Å². The summed E-state index contributed by atoms with van der Waals surface area (Å²) in [6, 6.07) is 42.9. The summed E-state index contributed by atoms with van der Waals surface area (Å²) in [5.74, 6) is 0.921. The molecule has 0 spiro atoms. The molecule has 0 aliphatic heterocycles. The molecule has 0 fully saturated rings. The number of nitrogens with zero attached hydrogens (tertiary/aromatic N) is 2. The van der Waals surface area contributed by atoms with E-state index in [1.54, 1.807) is 0 Å². The predicted molar refractivity (Wildman–Crippen MR) is 214 cm³/mol. The molecule has 2 aromatic heterocycles. The Balaban J connectivity index is 1.12. The summed E-state index contributed by atoms with van der Waals surface area (Å²) < 4.78 is 5.01. The van der Waals surface area contributed by atoms with Gasteiger partial charge >= 0.3 is 0 Å². The van der Waals surface area contributed by atoms with Gasteiger partial charge in [-0.1, -0.05) is 121 Å². The zero-order valence-electron chi connectivity index (χ0n) is 28.0. The minimum atomic E-state index is 0.427. The summed E-state index contributed by atoms with van der Waals surface area (Å²) in [7, 11) is 0. The van der Waals surface area contributed by atoms with Crippen LogP contribution in [0.2, 0.25) is 0 Å². The van der Waals surface area contributed by atoms with Crippen LogP contribution in [0.3, 0.4) is 0 Å². The molecule has 2 nitrogen and oxygen atoms in total. The molecule has 2 heterocycles. The van der Waals surface area contributed by atoms with Crippen molar-refractivity contribution in [1.29, 1.82) is 0 Å². The number of benzene rings is 5. The van der Waals surface area contributed by atoms with E-state index in [-0.39, 0.29) is 0 Å². The zero-order chi connectivity index (χ0) is 33.0. The second-order valence-corrected chi connectivity index (χ2v) is 14.0. The van der Waals surface area contributed by atoms with Crippen molar-refractivity contribution in [3.63, 3.8) is 0 Å². The molecule has 0 radical (unpaired) electrons. The van der Waals surface area contributed by atoms with E-state index in [9.17, 15) is 0 Å². The maximum absolute atomic E-state index is 2.54. The number of para-hydroxylation sites is 2. The van der Waals surface area contributed by atoms with E-state index in [1.165, 1.54) is 77.3 Å². The summed E-state index contributed by atoms with van der Waals surface area (Å²) in [5, 5.41) is 5.21. The first kappa shape index (κ1) is 29.1. The van der Waals surface area contributed by atoms with Gasteiger partial charge in [-0.05, 0) is 108 Å². The van der Waals surface area contributed by atoms with Gasteiger partial charge in [0.25, 0.3) is 0 Å². The normalized spacial score (nSPS) is 19.0. The standard InChI is InChI=1S/C48H38N2/c1-4-14-33(15-5-1)37-28-38(34-16-6-2-7-17-34)30-40(29-37)50-46-23-13-11-21-42(46)44-32-36(25-27-48(44)50)35-24-26-47-43(31-35)41-20-10-12-22-45(41)49(47)39-18-8-3-9-19-39/h1-8,10-16,18,20-29,31-32,34,38H,9,17,19,30H2. The minimum absolute atomic E-state index is 0.427. The number of hydrogen-bond donors (Lipinski definition) is 0. The maximum atomic E-state index is 2.54. The molecule has 0 amide bonds. The lowest BCUT2D eigenvalue weighted by Crippen LogP contribution is -2.17. The van der Waals surface area contributed by atoms with E-state index in [2.05, 4.69) is 179 Å².